The summed E-state index contributed by atoms with van der Waals surface area (Å²) >= 11 is 0. The zero-order valence-electron chi connectivity index (χ0n) is 17.0. The van der Waals surface area contributed by atoms with Crippen LogP contribution in [0.25, 0.3) is 5.57 Å². The summed E-state index contributed by atoms with van der Waals surface area (Å²) in [6, 6.07) is 13.9. The summed E-state index contributed by atoms with van der Waals surface area (Å²) in [5.74, 6) is -0.490. The van der Waals surface area contributed by atoms with Gasteiger partial charge in [-0.3, -0.25) is 24.6 Å². The number of imide groups is 1. The molecule has 30 heavy (non-hydrogen) atoms. The highest BCUT2D eigenvalue weighted by Crippen LogP contribution is 2.35. The fraction of sp³-hybridized carbons (Fsp3) is 0.304. The SMILES string of the molecule is CC(C)CN1C(=O)C(c2ccc([N+](=O)[O-])cc2)=C(N2CCc3ccccc3C2)C1=O. The maximum Gasteiger partial charge on any atom is 0.277 e. The Morgan fingerprint density at radius 2 is 1.67 bits per heavy atom. The first kappa shape index (κ1) is 19.8. The van der Waals surface area contributed by atoms with Gasteiger partial charge in [0.2, 0.25) is 0 Å². The Hall–Kier alpha value is -3.48. The van der Waals surface area contributed by atoms with E-state index in [2.05, 4.69) is 6.07 Å². The number of hydrogen-bond acceptors (Lipinski definition) is 5. The first-order valence-corrected chi connectivity index (χ1v) is 10.0. The average molecular weight is 405 g/mol. The summed E-state index contributed by atoms with van der Waals surface area (Å²) in [4.78, 5) is 40.4. The van der Waals surface area contributed by atoms with Crippen molar-refractivity contribution in [1.82, 2.24) is 9.80 Å². The molecular formula is C23H23N3O4. The van der Waals surface area contributed by atoms with E-state index in [1.165, 1.54) is 22.6 Å². The molecule has 0 aromatic heterocycles. The lowest BCUT2D eigenvalue weighted by atomic mass is 9.98. The van der Waals surface area contributed by atoms with Gasteiger partial charge in [-0.15, -0.1) is 0 Å². The van der Waals surface area contributed by atoms with Gasteiger partial charge >= 0.3 is 0 Å². The van der Waals surface area contributed by atoms with Crippen molar-refractivity contribution in [1.29, 1.82) is 0 Å². The number of rotatable bonds is 5. The summed E-state index contributed by atoms with van der Waals surface area (Å²) in [7, 11) is 0. The van der Waals surface area contributed by atoms with E-state index < -0.39 is 4.92 Å². The number of hydrogen-bond donors (Lipinski definition) is 0. The van der Waals surface area contributed by atoms with Crippen molar-refractivity contribution in [2.24, 2.45) is 5.92 Å². The molecule has 7 heteroatoms. The Morgan fingerprint density at radius 3 is 2.30 bits per heavy atom. The van der Waals surface area contributed by atoms with Crippen LogP contribution < -0.4 is 0 Å². The molecule has 2 aliphatic heterocycles. The molecule has 4 rings (SSSR count). The minimum Gasteiger partial charge on any atom is -0.362 e. The third-order valence-electron chi connectivity index (χ3n) is 5.50. The molecule has 154 valence electrons. The van der Waals surface area contributed by atoms with Gasteiger partial charge < -0.3 is 4.90 Å². The fourth-order valence-corrected chi connectivity index (χ4v) is 4.08. The Labute approximate surface area is 174 Å². The summed E-state index contributed by atoms with van der Waals surface area (Å²) in [5, 5.41) is 11.0. The molecule has 0 radical (unpaired) electrons. The van der Waals surface area contributed by atoms with Crippen LogP contribution in [0.5, 0.6) is 0 Å². The smallest absolute Gasteiger partial charge is 0.277 e. The molecule has 0 spiro atoms. The van der Waals surface area contributed by atoms with E-state index >= 15 is 0 Å². The molecule has 7 nitrogen and oxygen atoms in total. The Morgan fingerprint density at radius 1 is 1.00 bits per heavy atom. The van der Waals surface area contributed by atoms with Crippen molar-refractivity contribution in [2.45, 2.75) is 26.8 Å². The van der Waals surface area contributed by atoms with E-state index in [-0.39, 0.29) is 23.4 Å². The highest BCUT2D eigenvalue weighted by molar-refractivity contribution is 6.35. The number of amides is 2. The van der Waals surface area contributed by atoms with Gasteiger partial charge in [-0.1, -0.05) is 38.1 Å². The van der Waals surface area contributed by atoms with E-state index in [4.69, 9.17) is 0 Å². The summed E-state index contributed by atoms with van der Waals surface area (Å²) in [6.45, 7) is 5.44. The van der Waals surface area contributed by atoms with Crippen LogP contribution in [0.1, 0.15) is 30.5 Å². The minimum atomic E-state index is -0.479. The van der Waals surface area contributed by atoms with E-state index in [9.17, 15) is 19.7 Å². The second kappa shape index (κ2) is 7.74. The molecule has 2 heterocycles. The first-order valence-electron chi connectivity index (χ1n) is 10.0. The van der Waals surface area contributed by atoms with E-state index in [1.807, 2.05) is 36.9 Å². The predicted octanol–water partition coefficient (Wildman–Crippen LogP) is 3.39. The van der Waals surface area contributed by atoms with E-state index in [0.29, 0.717) is 36.5 Å². The van der Waals surface area contributed by atoms with Crippen LogP contribution in [-0.4, -0.2) is 39.6 Å². The normalized spacial score (nSPS) is 16.5. The maximum atomic E-state index is 13.3. The maximum absolute atomic E-state index is 13.3. The topological polar surface area (TPSA) is 83.8 Å². The van der Waals surface area contributed by atoms with Crippen LogP contribution in [0.4, 0.5) is 5.69 Å². The second-order valence-electron chi connectivity index (χ2n) is 8.08. The molecular weight excluding hydrogens is 382 g/mol. The summed E-state index contributed by atoms with van der Waals surface area (Å²) in [6.07, 6.45) is 0.791. The van der Waals surface area contributed by atoms with E-state index in [0.717, 1.165) is 12.0 Å². The predicted molar refractivity (Wildman–Crippen MR) is 112 cm³/mol. The van der Waals surface area contributed by atoms with Crippen molar-refractivity contribution in [2.75, 3.05) is 13.1 Å². The van der Waals surface area contributed by atoms with Crippen LogP contribution in [0.15, 0.2) is 54.2 Å². The van der Waals surface area contributed by atoms with Gasteiger partial charge in [0.1, 0.15) is 5.70 Å². The van der Waals surface area contributed by atoms with Crippen LogP contribution >= 0.6 is 0 Å². The zero-order chi connectivity index (χ0) is 21.4. The monoisotopic (exact) mass is 405 g/mol. The quantitative estimate of drug-likeness (QED) is 0.433. The lowest BCUT2D eigenvalue weighted by Crippen LogP contribution is -2.38. The molecule has 0 N–H and O–H groups in total. The molecule has 0 bridgehead atoms. The van der Waals surface area contributed by atoms with Crippen molar-refractivity contribution >= 4 is 23.1 Å². The van der Waals surface area contributed by atoms with Gasteiger partial charge in [0.05, 0.1) is 10.5 Å². The van der Waals surface area contributed by atoms with Gasteiger partial charge in [-0.2, -0.15) is 0 Å². The number of nitrogens with zero attached hydrogens (tertiary/aromatic N) is 3. The molecule has 0 saturated heterocycles. The van der Waals surface area contributed by atoms with Crippen LogP contribution in [0, 0.1) is 16.0 Å². The third kappa shape index (κ3) is 3.47. The number of benzene rings is 2. The molecule has 2 aliphatic rings. The highest BCUT2D eigenvalue weighted by Gasteiger charge is 2.42. The van der Waals surface area contributed by atoms with Gasteiger partial charge in [-0.25, -0.2) is 0 Å². The first-order chi connectivity index (χ1) is 14.4. The molecule has 2 amide bonds. The average Bonchev–Trinajstić information content (AvgIpc) is 2.97. The highest BCUT2D eigenvalue weighted by atomic mass is 16.6. The molecule has 0 aliphatic carbocycles. The largest absolute Gasteiger partial charge is 0.362 e. The van der Waals surface area contributed by atoms with Gasteiger partial charge in [0.25, 0.3) is 17.5 Å². The molecule has 0 saturated carbocycles. The van der Waals surface area contributed by atoms with Gasteiger partial charge in [0, 0.05) is 31.8 Å². The van der Waals surface area contributed by atoms with Gasteiger partial charge in [-0.05, 0) is 41.2 Å². The summed E-state index contributed by atoms with van der Waals surface area (Å²) in [5.41, 5.74) is 3.59. The van der Waals surface area contributed by atoms with Crippen LogP contribution in [-0.2, 0) is 22.6 Å². The van der Waals surface area contributed by atoms with Crippen molar-refractivity contribution in [3.8, 4) is 0 Å². The summed E-state index contributed by atoms with van der Waals surface area (Å²) < 4.78 is 0. The lowest BCUT2D eigenvalue weighted by Gasteiger charge is -2.31. The fourth-order valence-electron chi connectivity index (χ4n) is 4.08. The van der Waals surface area contributed by atoms with Crippen molar-refractivity contribution < 1.29 is 14.5 Å². The van der Waals surface area contributed by atoms with Gasteiger partial charge in [0.15, 0.2) is 0 Å². The number of fused-ring (bicyclic) bond motifs is 1. The molecule has 2 aromatic rings. The van der Waals surface area contributed by atoms with Crippen LogP contribution in [0.3, 0.4) is 0 Å². The molecule has 0 unspecified atom stereocenters. The third-order valence-corrected chi connectivity index (χ3v) is 5.50. The van der Waals surface area contributed by atoms with E-state index in [1.54, 1.807) is 12.1 Å². The number of non-ortho nitro benzene ring substituents is 1. The Bertz CT molecular complexity index is 1060. The molecule has 0 fully saturated rings. The Kier molecular flexibility index (Phi) is 5.11. The van der Waals surface area contributed by atoms with Crippen molar-refractivity contribution in [3.63, 3.8) is 0 Å². The zero-order valence-corrected chi connectivity index (χ0v) is 17.0. The lowest BCUT2D eigenvalue weighted by molar-refractivity contribution is -0.384. The number of carbonyl (C=O) groups is 2. The Balaban J connectivity index is 1.78. The molecule has 0 atom stereocenters. The van der Waals surface area contributed by atoms with Crippen LogP contribution in [0.2, 0.25) is 0 Å². The second-order valence-corrected chi connectivity index (χ2v) is 8.08. The molecule has 2 aromatic carbocycles. The van der Waals surface area contributed by atoms with Crippen molar-refractivity contribution in [3.05, 3.63) is 81.0 Å². The standard InChI is InChI=1S/C23H23N3O4/c1-15(2)13-25-22(27)20(17-7-9-19(10-8-17)26(29)30)21(23(25)28)24-12-11-16-5-3-4-6-18(16)14-24/h3-10,15H,11-14H2,1-2H3. The number of nitro benzene ring substituents is 1. The number of carbonyl (C=O) groups excluding carboxylic acids is 2. The number of nitro groups is 1. The minimum absolute atomic E-state index is 0.0522.